The second-order valence-electron chi connectivity index (χ2n) is 4.14. The molecular weight excluding hydrogens is 210 g/mol. The van der Waals surface area contributed by atoms with Gasteiger partial charge in [0.15, 0.2) is 6.10 Å². The minimum atomic E-state index is -1.04. The SMILES string of the molecule is CC(OC(C)C(=O)N1CCCCC1)C(=O)O. The Morgan fingerprint density at radius 2 is 1.69 bits per heavy atom. The second kappa shape index (κ2) is 5.84. The minimum Gasteiger partial charge on any atom is -0.479 e. The Morgan fingerprint density at radius 3 is 2.19 bits per heavy atom. The fourth-order valence-electron chi connectivity index (χ4n) is 1.79. The maximum absolute atomic E-state index is 11.9. The van der Waals surface area contributed by atoms with E-state index in [2.05, 4.69) is 0 Å². The number of rotatable bonds is 4. The first-order valence-electron chi connectivity index (χ1n) is 5.69. The number of carboxylic acid groups (broad SMARTS) is 1. The Kier molecular flexibility index (Phi) is 4.73. The first kappa shape index (κ1) is 13.0. The normalized spacial score (nSPS) is 20.2. The standard InChI is InChI=1S/C11H19NO4/c1-8(16-9(2)11(14)15)10(13)12-6-4-3-5-7-12/h8-9H,3-7H2,1-2H3,(H,14,15). The number of likely N-dealkylation sites (tertiary alicyclic amines) is 1. The van der Waals surface area contributed by atoms with Gasteiger partial charge in [0.2, 0.25) is 0 Å². The molecular formula is C11H19NO4. The zero-order valence-electron chi connectivity index (χ0n) is 9.81. The summed E-state index contributed by atoms with van der Waals surface area (Å²) in [7, 11) is 0. The third kappa shape index (κ3) is 3.48. The Hall–Kier alpha value is -1.10. The maximum Gasteiger partial charge on any atom is 0.332 e. The van der Waals surface area contributed by atoms with Crippen molar-refractivity contribution in [3.05, 3.63) is 0 Å². The van der Waals surface area contributed by atoms with Gasteiger partial charge in [-0.1, -0.05) is 0 Å². The molecule has 1 rings (SSSR count). The molecule has 2 atom stereocenters. The summed E-state index contributed by atoms with van der Waals surface area (Å²) in [5.74, 6) is -1.15. The molecule has 1 aliphatic heterocycles. The summed E-state index contributed by atoms with van der Waals surface area (Å²) in [6.45, 7) is 4.56. The molecule has 1 fully saturated rings. The van der Waals surface area contributed by atoms with Gasteiger partial charge in [0.25, 0.3) is 5.91 Å². The van der Waals surface area contributed by atoms with Gasteiger partial charge < -0.3 is 14.7 Å². The summed E-state index contributed by atoms with van der Waals surface area (Å²) < 4.78 is 5.14. The molecule has 0 spiro atoms. The molecule has 0 saturated carbocycles. The lowest BCUT2D eigenvalue weighted by Crippen LogP contribution is -2.43. The van der Waals surface area contributed by atoms with Crippen LogP contribution in [0.1, 0.15) is 33.1 Å². The van der Waals surface area contributed by atoms with Crippen molar-refractivity contribution < 1.29 is 19.4 Å². The van der Waals surface area contributed by atoms with Crippen LogP contribution in [0.3, 0.4) is 0 Å². The highest BCUT2D eigenvalue weighted by Crippen LogP contribution is 2.11. The van der Waals surface area contributed by atoms with Crippen molar-refractivity contribution in [3.63, 3.8) is 0 Å². The maximum atomic E-state index is 11.9. The van der Waals surface area contributed by atoms with Gasteiger partial charge in [0.05, 0.1) is 0 Å². The number of carboxylic acids is 1. The molecule has 0 aliphatic carbocycles. The summed E-state index contributed by atoms with van der Waals surface area (Å²) in [5.41, 5.74) is 0. The molecule has 0 aromatic carbocycles. The van der Waals surface area contributed by atoms with Crippen LogP contribution in [0.25, 0.3) is 0 Å². The van der Waals surface area contributed by atoms with Gasteiger partial charge in [-0.3, -0.25) is 4.79 Å². The Labute approximate surface area is 95.4 Å². The van der Waals surface area contributed by atoms with Crippen LogP contribution in [-0.2, 0) is 14.3 Å². The average molecular weight is 229 g/mol. The smallest absolute Gasteiger partial charge is 0.332 e. The van der Waals surface area contributed by atoms with E-state index in [4.69, 9.17) is 9.84 Å². The van der Waals surface area contributed by atoms with Crippen molar-refractivity contribution >= 4 is 11.9 Å². The summed E-state index contributed by atoms with van der Waals surface area (Å²) in [5, 5.41) is 8.67. The van der Waals surface area contributed by atoms with E-state index in [0.29, 0.717) is 0 Å². The van der Waals surface area contributed by atoms with E-state index in [9.17, 15) is 9.59 Å². The molecule has 16 heavy (non-hydrogen) atoms. The highest BCUT2D eigenvalue weighted by molar-refractivity contribution is 5.81. The number of hydrogen-bond acceptors (Lipinski definition) is 3. The molecule has 1 amide bonds. The molecule has 1 N–H and O–H groups in total. The molecule has 0 aromatic rings. The van der Waals surface area contributed by atoms with Crippen LogP contribution in [0.4, 0.5) is 0 Å². The topological polar surface area (TPSA) is 66.8 Å². The fourth-order valence-corrected chi connectivity index (χ4v) is 1.79. The summed E-state index contributed by atoms with van der Waals surface area (Å²) in [4.78, 5) is 24.2. The molecule has 1 saturated heterocycles. The van der Waals surface area contributed by atoms with E-state index >= 15 is 0 Å². The predicted molar refractivity (Wildman–Crippen MR) is 58.1 cm³/mol. The van der Waals surface area contributed by atoms with Crippen LogP contribution in [0, 0.1) is 0 Å². The highest BCUT2D eigenvalue weighted by Gasteiger charge is 2.25. The molecule has 0 aromatic heterocycles. The molecule has 2 unspecified atom stereocenters. The van der Waals surface area contributed by atoms with Gasteiger partial charge >= 0.3 is 5.97 Å². The van der Waals surface area contributed by atoms with Crippen molar-refractivity contribution in [1.29, 1.82) is 0 Å². The first-order chi connectivity index (χ1) is 7.52. The van der Waals surface area contributed by atoms with Crippen molar-refractivity contribution in [1.82, 2.24) is 4.90 Å². The lowest BCUT2D eigenvalue weighted by molar-refractivity contribution is -0.159. The monoisotopic (exact) mass is 229 g/mol. The summed E-state index contributed by atoms with van der Waals surface area (Å²) >= 11 is 0. The van der Waals surface area contributed by atoms with Crippen LogP contribution in [0.2, 0.25) is 0 Å². The Bertz CT molecular complexity index is 261. The largest absolute Gasteiger partial charge is 0.479 e. The zero-order chi connectivity index (χ0) is 12.1. The number of carbonyl (C=O) groups is 2. The van der Waals surface area contributed by atoms with E-state index in [1.807, 2.05) is 0 Å². The number of ether oxygens (including phenoxy) is 1. The number of aliphatic carboxylic acids is 1. The lowest BCUT2D eigenvalue weighted by atomic mass is 10.1. The average Bonchev–Trinajstić information content (AvgIpc) is 2.28. The second-order valence-corrected chi connectivity index (χ2v) is 4.14. The first-order valence-corrected chi connectivity index (χ1v) is 5.69. The van der Waals surface area contributed by atoms with Crippen molar-refractivity contribution in [2.24, 2.45) is 0 Å². The number of carbonyl (C=O) groups excluding carboxylic acids is 1. The zero-order valence-corrected chi connectivity index (χ0v) is 9.81. The van der Waals surface area contributed by atoms with Gasteiger partial charge in [-0.2, -0.15) is 0 Å². The third-order valence-corrected chi connectivity index (χ3v) is 2.77. The number of hydrogen-bond donors (Lipinski definition) is 1. The summed E-state index contributed by atoms with van der Waals surface area (Å²) in [6.07, 6.45) is 1.58. The van der Waals surface area contributed by atoms with Gasteiger partial charge in [0.1, 0.15) is 6.10 Å². The van der Waals surface area contributed by atoms with Crippen molar-refractivity contribution in [3.8, 4) is 0 Å². The Morgan fingerprint density at radius 1 is 1.12 bits per heavy atom. The third-order valence-electron chi connectivity index (χ3n) is 2.77. The number of nitrogens with zero attached hydrogens (tertiary/aromatic N) is 1. The van der Waals surface area contributed by atoms with Gasteiger partial charge in [0, 0.05) is 13.1 Å². The van der Waals surface area contributed by atoms with Crippen molar-refractivity contribution in [2.45, 2.75) is 45.3 Å². The highest BCUT2D eigenvalue weighted by atomic mass is 16.5. The van der Waals surface area contributed by atoms with E-state index in [1.165, 1.54) is 6.92 Å². The minimum absolute atomic E-state index is 0.104. The lowest BCUT2D eigenvalue weighted by Gasteiger charge is -2.29. The molecule has 5 nitrogen and oxygen atoms in total. The van der Waals surface area contributed by atoms with Crippen LogP contribution in [0.5, 0.6) is 0 Å². The Balaban J connectivity index is 2.43. The van der Waals surface area contributed by atoms with Crippen LogP contribution >= 0.6 is 0 Å². The summed E-state index contributed by atoms with van der Waals surface area (Å²) in [6, 6.07) is 0. The van der Waals surface area contributed by atoms with Gasteiger partial charge in [-0.15, -0.1) is 0 Å². The molecule has 92 valence electrons. The quantitative estimate of drug-likeness (QED) is 0.777. The van der Waals surface area contributed by atoms with Gasteiger partial charge in [-0.05, 0) is 33.1 Å². The van der Waals surface area contributed by atoms with E-state index < -0.39 is 18.2 Å². The number of piperidine rings is 1. The van der Waals surface area contributed by atoms with E-state index in [1.54, 1.807) is 11.8 Å². The predicted octanol–water partition coefficient (Wildman–Crippen LogP) is 0.877. The van der Waals surface area contributed by atoms with Crippen LogP contribution in [0.15, 0.2) is 0 Å². The fraction of sp³-hybridized carbons (Fsp3) is 0.818. The molecule has 1 aliphatic rings. The van der Waals surface area contributed by atoms with Crippen molar-refractivity contribution in [2.75, 3.05) is 13.1 Å². The van der Waals surface area contributed by atoms with E-state index in [-0.39, 0.29) is 5.91 Å². The molecule has 0 radical (unpaired) electrons. The molecule has 0 bridgehead atoms. The van der Waals surface area contributed by atoms with Crippen LogP contribution in [-0.4, -0.2) is 47.2 Å². The van der Waals surface area contributed by atoms with Crippen LogP contribution < -0.4 is 0 Å². The molecule has 5 heteroatoms. The number of amides is 1. The molecule has 1 heterocycles. The van der Waals surface area contributed by atoms with Gasteiger partial charge in [-0.25, -0.2) is 4.79 Å². The van der Waals surface area contributed by atoms with E-state index in [0.717, 1.165) is 32.4 Å².